The average molecular weight is 182 g/mol. The Balaban J connectivity index is 2.94. The van der Waals surface area contributed by atoms with Crippen molar-refractivity contribution < 1.29 is 14.7 Å². The molecule has 0 heterocycles. The van der Waals surface area contributed by atoms with Crippen molar-refractivity contribution in [2.75, 3.05) is 0 Å². The lowest BCUT2D eigenvalue weighted by Gasteiger charge is -2.05. The fourth-order valence-corrected chi connectivity index (χ4v) is 1.60. The lowest BCUT2D eigenvalue weighted by atomic mass is 9.98. The van der Waals surface area contributed by atoms with E-state index in [1.165, 1.54) is 0 Å². The highest BCUT2D eigenvalue weighted by molar-refractivity contribution is 6.04. The van der Waals surface area contributed by atoms with E-state index in [1.54, 1.807) is 13.8 Å². The van der Waals surface area contributed by atoms with Crippen LogP contribution in [-0.4, -0.2) is 16.9 Å². The van der Waals surface area contributed by atoms with Crippen LogP contribution in [-0.2, 0) is 9.59 Å². The number of ketones is 1. The van der Waals surface area contributed by atoms with Crippen LogP contribution >= 0.6 is 0 Å². The van der Waals surface area contributed by atoms with Gasteiger partial charge in [0.05, 0.1) is 0 Å². The zero-order chi connectivity index (χ0) is 10.0. The second kappa shape index (κ2) is 3.73. The fraction of sp³-hybridized carbons (Fsp3) is 0.600. The topological polar surface area (TPSA) is 54.4 Å². The number of hydrogen-bond donors (Lipinski definition) is 1. The van der Waals surface area contributed by atoms with Crippen LogP contribution in [0.3, 0.4) is 0 Å². The third kappa shape index (κ3) is 1.97. The van der Waals surface area contributed by atoms with E-state index in [9.17, 15) is 9.59 Å². The minimum Gasteiger partial charge on any atom is -0.478 e. The number of carboxylic acid groups (broad SMARTS) is 1. The van der Waals surface area contributed by atoms with Crippen molar-refractivity contribution in [2.45, 2.75) is 33.1 Å². The molecule has 0 saturated carbocycles. The molecule has 1 aliphatic rings. The van der Waals surface area contributed by atoms with Gasteiger partial charge in [-0.3, -0.25) is 4.79 Å². The molecular weight excluding hydrogens is 168 g/mol. The quantitative estimate of drug-likeness (QED) is 0.723. The Bertz CT molecular complexity index is 274. The SMILES string of the molecule is CC(C)C(=O)C1=C(C(=O)O)CCC1. The first-order chi connectivity index (χ1) is 6.04. The van der Waals surface area contributed by atoms with Crippen LogP contribution in [0.5, 0.6) is 0 Å². The lowest BCUT2D eigenvalue weighted by Crippen LogP contribution is -2.12. The van der Waals surface area contributed by atoms with Gasteiger partial charge < -0.3 is 5.11 Å². The number of aliphatic carboxylic acids is 1. The molecule has 0 radical (unpaired) electrons. The summed E-state index contributed by atoms with van der Waals surface area (Å²) in [6.07, 6.45) is 1.98. The first kappa shape index (κ1) is 9.96. The molecule has 0 fully saturated rings. The summed E-state index contributed by atoms with van der Waals surface area (Å²) in [6.45, 7) is 3.60. The molecule has 1 N–H and O–H groups in total. The molecule has 0 aromatic rings. The number of carbonyl (C=O) groups excluding carboxylic acids is 1. The second-order valence-corrected chi connectivity index (χ2v) is 3.63. The van der Waals surface area contributed by atoms with Crippen molar-refractivity contribution in [3.05, 3.63) is 11.1 Å². The van der Waals surface area contributed by atoms with Gasteiger partial charge in [-0.15, -0.1) is 0 Å². The van der Waals surface area contributed by atoms with Crippen molar-refractivity contribution >= 4 is 11.8 Å². The van der Waals surface area contributed by atoms with Crippen LogP contribution in [0.4, 0.5) is 0 Å². The summed E-state index contributed by atoms with van der Waals surface area (Å²) < 4.78 is 0. The summed E-state index contributed by atoms with van der Waals surface area (Å²) in [5, 5.41) is 8.80. The zero-order valence-electron chi connectivity index (χ0n) is 7.96. The molecule has 0 atom stereocenters. The minimum atomic E-state index is -0.929. The molecule has 0 aliphatic heterocycles. The predicted molar refractivity (Wildman–Crippen MR) is 48.4 cm³/mol. The van der Waals surface area contributed by atoms with Crippen LogP contribution in [0.1, 0.15) is 33.1 Å². The van der Waals surface area contributed by atoms with Crippen molar-refractivity contribution in [2.24, 2.45) is 5.92 Å². The molecule has 0 amide bonds. The highest BCUT2D eigenvalue weighted by Crippen LogP contribution is 2.28. The van der Waals surface area contributed by atoms with Gasteiger partial charge in [0, 0.05) is 17.1 Å². The molecule has 13 heavy (non-hydrogen) atoms. The Morgan fingerprint density at radius 3 is 2.23 bits per heavy atom. The van der Waals surface area contributed by atoms with Crippen LogP contribution < -0.4 is 0 Å². The third-order valence-corrected chi connectivity index (χ3v) is 2.30. The molecule has 72 valence electrons. The van der Waals surface area contributed by atoms with Crippen molar-refractivity contribution in [3.63, 3.8) is 0 Å². The minimum absolute atomic E-state index is 0.00472. The molecule has 0 unspecified atom stereocenters. The summed E-state index contributed by atoms with van der Waals surface area (Å²) in [6, 6.07) is 0. The van der Waals surface area contributed by atoms with Crippen LogP contribution in [0.15, 0.2) is 11.1 Å². The molecule has 0 saturated heterocycles. The van der Waals surface area contributed by atoms with E-state index in [2.05, 4.69) is 0 Å². The first-order valence-corrected chi connectivity index (χ1v) is 4.53. The molecule has 3 heteroatoms. The van der Waals surface area contributed by atoms with E-state index in [1.807, 2.05) is 0 Å². The Labute approximate surface area is 77.4 Å². The normalized spacial score (nSPS) is 16.8. The van der Waals surface area contributed by atoms with E-state index < -0.39 is 5.97 Å². The second-order valence-electron chi connectivity index (χ2n) is 3.63. The molecular formula is C10H14O3. The van der Waals surface area contributed by atoms with Crippen LogP contribution in [0.25, 0.3) is 0 Å². The van der Waals surface area contributed by atoms with Gasteiger partial charge in [0.2, 0.25) is 0 Å². The standard InChI is InChI=1S/C10H14O3/c1-6(2)9(11)7-4-3-5-8(7)10(12)13/h6H,3-5H2,1-2H3,(H,12,13). The summed E-state index contributed by atoms with van der Waals surface area (Å²) in [5.74, 6) is -1.03. The number of hydrogen-bond acceptors (Lipinski definition) is 2. The number of carbonyl (C=O) groups is 2. The summed E-state index contributed by atoms with van der Waals surface area (Å²) in [5.41, 5.74) is 0.876. The molecule has 0 aromatic heterocycles. The maximum Gasteiger partial charge on any atom is 0.331 e. The molecule has 1 aliphatic carbocycles. The van der Waals surface area contributed by atoms with E-state index in [-0.39, 0.29) is 11.7 Å². The largest absolute Gasteiger partial charge is 0.478 e. The number of carboxylic acids is 1. The van der Waals surface area contributed by atoms with Crippen molar-refractivity contribution in [1.29, 1.82) is 0 Å². The molecule has 0 aromatic carbocycles. The van der Waals surface area contributed by atoms with Gasteiger partial charge in [0.25, 0.3) is 0 Å². The van der Waals surface area contributed by atoms with Crippen molar-refractivity contribution in [1.82, 2.24) is 0 Å². The fourth-order valence-electron chi connectivity index (χ4n) is 1.60. The van der Waals surface area contributed by atoms with E-state index in [0.717, 1.165) is 6.42 Å². The Morgan fingerprint density at radius 2 is 1.77 bits per heavy atom. The van der Waals surface area contributed by atoms with Gasteiger partial charge in [0.1, 0.15) is 0 Å². The van der Waals surface area contributed by atoms with Gasteiger partial charge in [-0.2, -0.15) is 0 Å². The van der Waals surface area contributed by atoms with Crippen molar-refractivity contribution in [3.8, 4) is 0 Å². The van der Waals surface area contributed by atoms with Crippen LogP contribution in [0, 0.1) is 5.92 Å². The molecule has 3 nitrogen and oxygen atoms in total. The summed E-state index contributed by atoms with van der Waals surface area (Å²) >= 11 is 0. The van der Waals surface area contributed by atoms with E-state index in [0.29, 0.717) is 24.0 Å². The summed E-state index contributed by atoms with van der Waals surface area (Å²) in [4.78, 5) is 22.3. The van der Waals surface area contributed by atoms with E-state index in [4.69, 9.17) is 5.11 Å². The molecule has 0 spiro atoms. The first-order valence-electron chi connectivity index (χ1n) is 4.53. The smallest absolute Gasteiger partial charge is 0.331 e. The Kier molecular flexibility index (Phi) is 2.86. The van der Waals surface area contributed by atoms with Gasteiger partial charge in [-0.1, -0.05) is 13.8 Å². The third-order valence-electron chi connectivity index (χ3n) is 2.30. The molecule has 1 rings (SSSR count). The van der Waals surface area contributed by atoms with Gasteiger partial charge in [-0.25, -0.2) is 4.79 Å². The van der Waals surface area contributed by atoms with Gasteiger partial charge >= 0.3 is 5.97 Å². The van der Waals surface area contributed by atoms with Gasteiger partial charge in [-0.05, 0) is 19.3 Å². The van der Waals surface area contributed by atoms with Gasteiger partial charge in [0.15, 0.2) is 5.78 Å². The highest BCUT2D eigenvalue weighted by Gasteiger charge is 2.26. The highest BCUT2D eigenvalue weighted by atomic mass is 16.4. The molecule has 0 bridgehead atoms. The number of rotatable bonds is 3. The lowest BCUT2D eigenvalue weighted by molar-refractivity contribution is -0.133. The Morgan fingerprint density at radius 1 is 1.23 bits per heavy atom. The Hall–Kier alpha value is -1.12. The monoisotopic (exact) mass is 182 g/mol. The number of allylic oxidation sites excluding steroid dienone is 1. The van der Waals surface area contributed by atoms with Crippen LogP contribution in [0.2, 0.25) is 0 Å². The van der Waals surface area contributed by atoms with E-state index >= 15 is 0 Å². The predicted octanol–water partition coefficient (Wildman–Crippen LogP) is 1.78. The summed E-state index contributed by atoms with van der Waals surface area (Å²) in [7, 11) is 0. The zero-order valence-corrected chi connectivity index (χ0v) is 7.96. The number of Topliss-reactive ketones (excluding diaryl/α,β-unsaturated/α-hetero) is 1. The average Bonchev–Trinajstić information content (AvgIpc) is 2.50. The maximum atomic E-state index is 11.5. The maximum absolute atomic E-state index is 11.5.